The second kappa shape index (κ2) is 9.57. The third-order valence-corrected chi connectivity index (χ3v) is 6.29. The van der Waals surface area contributed by atoms with Gasteiger partial charge in [-0.3, -0.25) is 14.3 Å². The van der Waals surface area contributed by atoms with Crippen molar-refractivity contribution in [3.05, 3.63) is 77.9 Å². The van der Waals surface area contributed by atoms with Crippen molar-refractivity contribution in [3.8, 4) is 11.1 Å². The summed E-state index contributed by atoms with van der Waals surface area (Å²) in [5.41, 5.74) is 2.59. The van der Waals surface area contributed by atoms with E-state index in [0.717, 1.165) is 16.7 Å². The van der Waals surface area contributed by atoms with E-state index in [1.807, 2.05) is 38.1 Å². The molecule has 3 aromatic rings. The predicted molar refractivity (Wildman–Crippen MR) is 125 cm³/mol. The second-order valence-corrected chi connectivity index (χ2v) is 8.56. The van der Waals surface area contributed by atoms with E-state index < -0.39 is 5.41 Å². The van der Waals surface area contributed by atoms with Crippen LogP contribution in [0.3, 0.4) is 0 Å². The van der Waals surface area contributed by atoms with Gasteiger partial charge in [0, 0.05) is 32.4 Å². The highest BCUT2D eigenvalue weighted by Crippen LogP contribution is 2.36. The summed E-state index contributed by atoms with van der Waals surface area (Å²) in [6, 6.07) is 16.1. The van der Waals surface area contributed by atoms with E-state index in [1.165, 1.54) is 12.1 Å². The molecule has 1 N–H and O–H groups in total. The topological polar surface area (TPSA) is 67.2 Å². The fraction of sp³-hybridized carbons (Fsp3) is 0.346. The number of hydrogen-bond donors (Lipinski definition) is 1. The lowest BCUT2D eigenvalue weighted by molar-refractivity contribution is -0.130. The summed E-state index contributed by atoms with van der Waals surface area (Å²) >= 11 is 0. The molecule has 0 spiro atoms. The van der Waals surface area contributed by atoms with Crippen LogP contribution in [-0.4, -0.2) is 46.1 Å². The van der Waals surface area contributed by atoms with Gasteiger partial charge in [-0.1, -0.05) is 36.4 Å². The fourth-order valence-corrected chi connectivity index (χ4v) is 4.51. The molecule has 2 aromatic carbocycles. The Morgan fingerprint density at radius 3 is 2.58 bits per heavy atom. The van der Waals surface area contributed by atoms with Crippen LogP contribution >= 0.6 is 0 Å². The highest BCUT2D eigenvalue weighted by molar-refractivity contribution is 5.93. The van der Waals surface area contributed by atoms with Crippen molar-refractivity contribution >= 4 is 11.8 Å². The number of hydrogen-bond acceptors (Lipinski definition) is 3. The van der Waals surface area contributed by atoms with Gasteiger partial charge < -0.3 is 10.2 Å². The zero-order valence-corrected chi connectivity index (χ0v) is 19.1. The number of benzene rings is 2. The summed E-state index contributed by atoms with van der Waals surface area (Å²) in [5.74, 6) is -0.454. The molecule has 0 radical (unpaired) electrons. The Labute approximate surface area is 193 Å². The van der Waals surface area contributed by atoms with E-state index >= 15 is 0 Å². The molecule has 33 heavy (non-hydrogen) atoms. The van der Waals surface area contributed by atoms with Crippen LogP contribution in [0.1, 0.15) is 36.3 Å². The lowest BCUT2D eigenvalue weighted by Gasteiger charge is -2.28. The van der Waals surface area contributed by atoms with E-state index in [4.69, 9.17) is 0 Å². The van der Waals surface area contributed by atoms with Crippen molar-refractivity contribution in [1.82, 2.24) is 20.0 Å². The lowest BCUT2D eigenvalue weighted by atomic mass is 9.79. The second-order valence-electron chi connectivity index (χ2n) is 8.56. The minimum atomic E-state index is -0.708. The van der Waals surface area contributed by atoms with Crippen molar-refractivity contribution in [1.29, 1.82) is 0 Å². The average Bonchev–Trinajstić information content (AvgIpc) is 3.48. The highest BCUT2D eigenvalue weighted by Gasteiger charge is 2.46. The van der Waals surface area contributed by atoms with Crippen LogP contribution in [-0.2, 0) is 17.8 Å². The van der Waals surface area contributed by atoms with Crippen molar-refractivity contribution < 1.29 is 14.0 Å². The third kappa shape index (κ3) is 4.82. The summed E-state index contributed by atoms with van der Waals surface area (Å²) in [5, 5.41) is 7.31. The van der Waals surface area contributed by atoms with E-state index in [9.17, 15) is 14.0 Å². The minimum Gasteiger partial charge on any atom is -0.356 e. The van der Waals surface area contributed by atoms with Crippen LogP contribution in [0.4, 0.5) is 4.39 Å². The molecule has 0 saturated carbocycles. The van der Waals surface area contributed by atoms with Crippen LogP contribution in [0.5, 0.6) is 0 Å². The van der Waals surface area contributed by atoms with Crippen LogP contribution in [0.15, 0.2) is 60.8 Å². The van der Waals surface area contributed by atoms with E-state index in [2.05, 4.69) is 10.4 Å². The van der Waals surface area contributed by atoms with E-state index in [-0.39, 0.29) is 17.6 Å². The maximum absolute atomic E-state index is 13.3. The van der Waals surface area contributed by atoms with Gasteiger partial charge in [0.05, 0.1) is 5.41 Å². The molecule has 1 aliphatic heterocycles. The summed E-state index contributed by atoms with van der Waals surface area (Å²) in [6.07, 6.45) is 2.89. The van der Waals surface area contributed by atoms with E-state index in [0.29, 0.717) is 44.7 Å². The molecule has 7 heteroatoms. The summed E-state index contributed by atoms with van der Waals surface area (Å²) in [7, 11) is 0. The van der Waals surface area contributed by atoms with E-state index in [1.54, 1.807) is 34.0 Å². The van der Waals surface area contributed by atoms with Crippen LogP contribution in [0.2, 0.25) is 0 Å². The minimum absolute atomic E-state index is 0.0356. The molecule has 2 heterocycles. The number of halogens is 1. The Balaban J connectivity index is 1.58. The maximum atomic E-state index is 13.3. The molecule has 0 unspecified atom stereocenters. The van der Waals surface area contributed by atoms with Gasteiger partial charge >= 0.3 is 0 Å². The lowest BCUT2D eigenvalue weighted by Crippen LogP contribution is -2.45. The van der Waals surface area contributed by atoms with Crippen molar-refractivity contribution in [2.24, 2.45) is 5.41 Å². The molecule has 1 saturated heterocycles. The van der Waals surface area contributed by atoms with Gasteiger partial charge in [-0.15, -0.1) is 0 Å². The smallest absolute Gasteiger partial charge is 0.274 e. The molecule has 0 bridgehead atoms. The fourth-order valence-electron chi connectivity index (χ4n) is 4.51. The monoisotopic (exact) mass is 448 g/mol. The molecule has 1 fully saturated rings. The van der Waals surface area contributed by atoms with Gasteiger partial charge in [-0.25, -0.2) is 4.39 Å². The average molecular weight is 449 g/mol. The number of likely N-dealkylation sites (tertiary alicyclic amines) is 1. The Morgan fingerprint density at radius 1 is 1.09 bits per heavy atom. The number of amides is 2. The number of nitrogens with one attached hydrogen (secondary N) is 1. The van der Waals surface area contributed by atoms with Crippen molar-refractivity contribution in [2.45, 2.75) is 33.2 Å². The number of rotatable bonds is 7. The van der Waals surface area contributed by atoms with Gasteiger partial charge in [0.2, 0.25) is 5.91 Å². The molecule has 1 atom stereocenters. The van der Waals surface area contributed by atoms with Gasteiger partial charge in [-0.2, -0.15) is 5.10 Å². The normalized spacial score (nSPS) is 17.8. The zero-order chi connectivity index (χ0) is 23.4. The van der Waals surface area contributed by atoms with Crippen LogP contribution in [0, 0.1) is 11.2 Å². The Kier molecular flexibility index (Phi) is 6.58. The number of carbonyl (C=O) groups is 2. The summed E-state index contributed by atoms with van der Waals surface area (Å²) in [4.78, 5) is 28.0. The molecule has 2 amide bonds. The van der Waals surface area contributed by atoms with Crippen LogP contribution < -0.4 is 5.32 Å². The van der Waals surface area contributed by atoms with Gasteiger partial charge in [-0.05, 0) is 61.6 Å². The molecule has 1 aliphatic rings. The van der Waals surface area contributed by atoms with Crippen molar-refractivity contribution in [2.75, 3.05) is 19.6 Å². The number of carbonyl (C=O) groups excluding carboxylic acids is 2. The van der Waals surface area contributed by atoms with Gasteiger partial charge in [0.1, 0.15) is 11.5 Å². The summed E-state index contributed by atoms with van der Waals surface area (Å²) in [6.45, 7) is 5.95. The van der Waals surface area contributed by atoms with Gasteiger partial charge in [0.25, 0.3) is 5.91 Å². The molecular formula is C26H29FN4O2. The SMILES string of the molecule is CCNC(=O)[C@]1(Cc2cccc(-c3ccc(F)cc3)c2)CCN(C(=O)c2ccn(CC)n2)C1. The Hall–Kier alpha value is -3.48. The standard InChI is InChI=1S/C26H29FN4O2/c1-3-28-25(33)26(13-15-30(18-26)24(32)23-12-14-31(4-2)29-23)17-19-6-5-7-21(16-19)20-8-10-22(27)11-9-20/h5-12,14,16H,3-4,13,15,17-18H2,1-2H3,(H,28,33)/t26-/m0/s1. The Morgan fingerprint density at radius 2 is 1.88 bits per heavy atom. The molecular weight excluding hydrogens is 419 g/mol. The largest absolute Gasteiger partial charge is 0.356 e. The molecule has 4 rings (SSSR count). The maximum Gasteiger partial charge on any atom is 0.274 e. The quantitative estimate of drug-likeness (QED) is 0.596. The number of aryl methyl sites for hydroxylation is 1. The Bertz CT molecular complexity index is 1140. The molecule has 172 valence electrons. The van der Waals surface area contributed by atoms with Crippen LogP contribution in [0.25, 0.3) is 11.1 Å². The van der Waals surface area contributed by atoms with Gasteiger partial charge in [0.15, 0.2) is 0 Å². The molecule has 0 aliphatic carbocycles. The first-order valence-electron chi connectivity index (χ1n) is 11.4. The molecule has 1 aromatic heterocycles. The number of aromatic nitrogens is 2. The molecule has 6 nitrogen and oxygen atoms in total. The third-order valence-electron chi connectivity index (χ3n) is 6.29. The first kappa shape index (κ1) is 22.7. The number of nitrogens with zero attached hydrogens (tertiary/aromatic N) is 3. The summed E-state index contributed by atoms with van der Waals surface area (Å²) < 4.78 is 15.1. The first-order chi connectivity index (χ1) is 15.9. The predicted octanol–water partition coefficient (Wildman–Crippen LogP) is 3.92. The highest BCUT2D eigenvalue weighted by atomic mass is 19.1. The first-order valence-corrected chi connectivity index (χ1v) is 11.4. The van der Waals surface area contributed by atoms with Crippen molar-refractivity contribution in [3.63, 3.8) is 0 Å². The zero-order valence-electron chi connectivity index (χ0n) is 19.1.